The predicted molar refractivity (Wildman–Crippen MR) is 73.6 cm³/mol. The quantitative estimate of drug-likeness (QED) is 0.669. The van der Waals surface area contributed by atoms with E-state index in [2.05, 4.69) is 10.6 Å². The number of hydrogen-bond acceptors (Lipinski definition) is 4. The second kappa shape index (κ2) is 7.02. The zero-order valence-corrected chi connectivity index (χ0v) is 11.2. The Bertz CT molecular complexity index is 464. The molecule has 1 aliphatic rings. The van der Waals surface area contributed by atoms with Crippen molar-refractivity contribution in [1.82, 2.24) is 10.6 Å². The molecule has 0 saturated carbocycles. The Kier molecular flexibility index (Phi) is 5.09. The molecular formula is C14H19N3O3. The second-order valence-corrected chi connectivity index (χ2v) is 4.79. The summed E-state index contributed by atoms with van der Waals surface area (Å²) in [7, 11) is 0. The van der Waals surface area contributed by atoms with Gasteiger partial charge >= 0.3 is 0 Å². The normalized spacial score (nSPS) is 21.4. The summed E-state index contributed by atoms with van der Waals surface area (Å²) in [6, 6.07) is 9.29. The number of nitrogens with one attached hydrogen (secondary N) is 2. The fraction of sp³-hybridized carbons (Fsp3) is 0.429. The van der Waals surface area contributed by atoms with E-state index < -0.39 is 0 Å². The van der Waals surface area contributed by atoms with E-state index in [1.807, 2.05) is 30.3 Å². The second-order valence-electron chi connectivity index (χ2n) is 4.79. The molecule has 0 spiro atoms. The monoisotopic (exact) mass is 277 g/mol. The van der Waals surface area contributed by atoms with E-state index in [1.165, 1.54) is 0 Å². The Morgan fingerprint density at radius 3 is 2.60 bits per heavy atom. The van der Waals surface area contributed by atoms with E-state index in [4.69, 9.17) is 10.5 Å². The maximum Gasteiger partial charge on any atom is 0.239 e. The molecule has 2 atom stereocenters. The van der Waals surface area contributed by atoms with Crippen molar-refractivity contribution >= 4 is 11.8 Å². The van der Waals surface area contributed by atoms with Crippen LogP contribution in [0, 0.1) is 5.92 Å². The summed E-state index contributed by atoms with van der Waals surface area (Å²) in [4.78, 5) is 23.4. The van der Waals surface area contributed by atoms with Crippen molar-refractivity contribution in [3.8, 4) is 0 Å². The molecule has 2 rings (SSSR count). The van der Waals surface area contributed by atoms with Crippen LogP contribution in [0.15, 0.2) is 30.3 Å². The molecule has 0 aliphatic carbocycles. The summed E-state index contributed by atoms with van der Waals surface area (Å²) in [5.74, 6) is -0.823. The average Bonchev–Trinajstić information content (AvgIpc) is 2.90. The lowest BCUT2D eigenvalue weighted by molar-refractivity contribution is -0.128. The van der Waals surface area contributed by atoms with Gasteiger partial charge in [-0.15, -0.1) is 0 Å². The lowest BCUT2D eigenvalue weighted by atomic mass is 10.0. The molecule has 1 heterocycles. The van der Waals surface area contributed by atoms with Gasteiger partial charge in [-0.2, -0.15) is 0 Å². The number of carbonyl (C=O) groups is 2. The Labute approximate surface area is 117 Å². The molecule has 1 aliphatic heterocycles. The van der Waals surface area contributed by atoms with Gasteiger partial charge in [0.25, 0.3) is 0 Å². The first-order valence-electron chi connectivity index (χ1n) is 6.58. The van der Waals surface area contributed by atoms with Crippen molar-refractivity contribution in [2.75, 3.05) is 19.8 Å². The van der Waals surface area contributed by atoms with Gasteiger partial charge in [0.1, 0.15) is 0 Å². The van der Waals surface area contributed by atoms with Crippen LogP contribution in [0.5, 0.6) is 0 Å². The number of nitrogens with two attached hydrogens (primary N) is 1. The predicted octanol–water partition coefficient (Wildman–Crippen LogP) is -0.607. The van der Waals surface area contributed by atoms with Gasteiger partial charge in [-0.1, -0.05) is 30.3 Å². The number of amides is 2. The summed E-state index contributed by atoms with van der Waals surface area (Å²) in [6.45, 7) is 1.10. The van der Waals surface area contributed by atoms with Gasteiger partial charge in [-0.3, -0.25) is 9.59 Å². The molecule has 1 aromatic carbocycles. The highest BCUT2D eigenvalue weighted by atomic mass is 16.5. The lowest BCUT2D eigenvalue weighted by Gasteiger charge is -2.13. The van der Waals surface area contributed by atoms with Crippen LogP contribution in [0.4, 0.5) is 0 Å². The smallest absolute Gasteiger partial charge is 0.239 e. The molecule has 6 nitrogen and oxygen atoms in total. The van der Waals surface area contributed by atoms with E-state index in [0.29, 0.717) is 19.8 Å². The van der Waals surface area contributed by atoms with Crippen LogP contribution in [-0.4, -0.2) is 37.6 Å². The largest absolute Gasteiger partial charge is 0.379 e. The molecule has 20 heavy (non-hydrogen) atoms. The average molecular weight is 277 g/mol. The first-order valence-corrected chi connectivity index (χ1v) is 6.58. The number of benzene rings is 1. The van der Waals surface area contributed by atoms with Crippen molar-refractivity contribution < 1.29 is 14.3 Å². The fourth-order valence-electron chi connectivity index (χ4n) is 2.00. The van der Waals surface area contributed by atoms with E-state index >= 15 is 0 Å². The Balaban J connectivity index is 1.68. The molecular weight excluding hydrogens is 258 g/mol. The van der Waals surface area contributed by atoms with E-state index in [-0.39, 0.29) is 30.3 Å². The third-order valence-corrected chi connectivity index (χ3v) is 3.22. The zero-order valence-electron chi connectivity index (χ0n) is 11.2. The topological polar surface area (TPSA) is 93.4 Å². The summed E-state index contributed by atoms with van der Waals surface area (Å²) in [6.07, 6.45) is 0. The van der Waals surface area contributed by atoms with Gasteiger partial charge in [-0.25, -0.2) is 0 Å². The Hall–Kier alpha value is -1.92. The molecule has 6 heteroatoms. The van der Waals surface area contributed by atoms with Crippen molar-refractivity contribution in [2.45, 2.75) is 12.6 Å². The molecule has 108 valence electrons. The van der Waals surface area contributed by atoms with Crippen molar-refractivity contribution in [3.05, 3.63) is 35.9 Å². The minimum Gasteiger partial charge on any atom is -0.379 e. The van der Waals surface area contributed by atoms with E-state index in [9.17, 15) is 9.59 Å². The Morgan fingerprint density at radius 2 is 1.95 bits per heavy atom. The van der Waals surface area contributed by atoms with Crippen LogP contribution in [-0.2, 0) is 20.9 Å². The van der Waals surface area contributed by atoms with Crippen LogP contribution >= 0.6 is 0 Å². The maximum absolute atomic E-state index is 11.8. The molecule has 0 aromatic heterocycles. The zero-order chi connectivity index (χ0) is 14.4. The first kappa shape index (κ1) is 14.5. The molecule has 0 bridgehead atoms. The van der Waals surface area contributed by atoms with Crippen molar-refractivity contribution in [2.24, 2.45) is 11.7 Å². The fourth-order valence-corrected chi connectivity index (χ4v) is 2.00. The highest BCUT2D eigenvalue weighted by molar-refractivity contribution is 5.86. The number of hydrogen-bond donors (Lipinski definition) is 3. The van der Waals surface area contributed by atoms with E-state index in [1.54, 1.807) is 0 Å². The van der Waals surface area contributed by atoms with Crippen molar-refractivity contribution in [3.63, 3.8) is 0 Å². The number of carbonyl (C=O) groups excluding carboxylic acids is 2. The summed E-state index contributed by atoms with van der Waals surface area (Å²) < 4.78 is 5.12. The molecule has 1 aromatic rings. The summed E-state index contributed by atoms with van der Waals surface area (Å²) in [5, 5.41) is 5.32. The molecule has 2 amide bonds. The van der Waals surface area contributed by atoms with Gasteiger partial charge in [0.05, 0.1) is 25.7 Å². The minimum atomic E-state index is -0.364. The summed E-state index contributed by atoms with van der Waals surface area (Å²) in [5.41, 5.74) is 6.75. The standard InChI is InChI=1S/C14H19N3O3/c15-12-9-20-8-11(12)14(19)17-7-13(18)16-6-10-4-2-1-3-5-10/h1-5,11-12H,6-9,15H2,(H,16,18)(H,17,19). The third-order valence-electron chi connectivity index (χ3n) is 3.22. The van der Waals surface area contributed by atoms with Gasteiger partial charge in [0.2, 0.25) is 11.8 Å². The number of rotatable bonds is 5. The molecule has 0 radical (unpaired) electrons. The molecule has 1 saturated heterocycles. The van der Waals surface area contributed by atoms with Crippen molar-refractivity contribution in [1.29, 1.82) is 0 Å². The molecule has 4 N–H and O–H groups in total. The van der Waals surface area contributed by atoms with Gasteiger partial charge in [0, 0.05) is 12.6 Å². The van der Waals surface area contributed by atoms with Crippen LogP contribution in [0.1, 0.15) is 5.56 Å². The third kappa shape index (κ3) is 4.04. The highest BCUT2D eigenvalue weighted by Gasteiger charge is 2.31. The Morgan fingerprint density at radius 1 is 1.20 bits per heavy atom. The van der Waals surface area contributed by atoms with Gasteiger partial charge < -0.3 is 21.1 Å². The van der Waals surface area contributed by atoms with Crippen LogP contribution in [0.3, 0.4) is 0 Å². The van der Waals surface area contributed by atoms with Gasteiger partial charge in [-0.05, 0) is 5.56 Å². The van der Waals surface area contributed by atoms with E-state index in [0.717, 1.165) is 5.56 Å². The number of ether oxygens (including phenoxy) is 1. The first-order chi connectivity index (χ1) is 9.66. The van der Waals surface area contributed by atoms with Crippen LogP contribution in [0.25, 0.3) is 0 Å². The van der Waals surface area contributed by atoms with Crippen LogP contribution in [0.2, 0.25) is 0 Å². The molecule has 2 unspecified atom stereocenters. The SMILES string of the molecule is NC1COCC1C(=O)NCC(=O)NCc1ccccc1. The molecule has 1 fully saturated rings. The maximum atomic E-state index is 11.8. The summed E-state index contributed by atoms with van der Waals surface area (Å²) >= 11 is 0. The van der Waals surface area contributed by atoms with Crippen LogP contribution < -0.4 is 16.4 Å². The highest BCUT2D eigenvalue weighted by Crippen LogP contribution is 2.11. The lowest BCUT2D eigenvalue weighted by Crippen LogP contribution is -2.44. The minimum absolute atomic E-state index is 0.0467. The van der Waals surface area contributed by atoms with Gasteiger partial charge in [0.15, 0.2) is 0 Å².